The lowest BCUT2D eigenvalue weighted by atomic mass is 9.81. The molecule has 0 bridgehead atoms. The highest BCUT2D eigenvalue weighted by Crippen LogP contribution is 2.36. The van der Waals surface area contributed by atoms with Gasteiger partial charge in [-0.2, -0.15) is 0 Å². The molecular weight excluding hydrogens is 309 g/mol. The van der Waals surface area contributed by atoms with Gasteiger partial charge in [0.15, 0.2) is 11.5 Å². The van der Waals surface area contributed by atoms with Crippen LogP contribution < -0.4 is 19.5 Å². The van der Waals surface area contributed by atoms with Crippen molar-refractivity contribution in [1.82, 2.24) is 5.32 Å². The molecular formula is C19H20FNO3. The molecule has 2 heterocycles. The van der Waals surface area contributed by atoms with Gasteiger partial charge in [-0.1, -0.05) is 12.1 Å². The van der Waals surface area contributed by atoms with Gasteiger partial charge in [0.05, 0.1) is 12.1 Å². The van der Waals surface area contributed by atoms with Gasteiger partial charge in [0.1, 0.15) is 14.3 Å². The van der Waals surface area contributed by atoms with Crippen molar-refractivity contribution in [2.45, 2.75) is 12.3 Å². The molecule has 0 amide bonds. The average Bonchev–Trinajstić information content (AvgIpc) is 3.05. The normalized spacial score (nSPS) is 38.4. The summed E-state index contributed by atoms with van der Waals surface area (Å²) in [5.41, 5.74) is -0.492. The van der Waals surface area contributed by atoms with Crippen molar-refractivity contribution < 1.29 is 33.7 Å². The van der Waals surface area contributed by atoms with Crippen molar-refractivity contribution in [2.75, 3.05) is 26.3 Å². The molecule has 0 spiro atoms. The van der Waals surface area contributed by atoms with E-state index in [1.807, 2.05) is 0 Å². The highest BCUT2D eigenvalue weighted by atomic mass is 19.1. The topological polar surface area (TPSA) is 39.7 Å². The summed E-state index contributed by atoms with van der Waals surface area (Å²) in [4.78, 5) is 0. The van der Waals surface area contributed by atoms with Crippen LogP contribution in [0.1, 0.15) is 33.0 Å². The number of hydrogen-bond acceptors (Lipinski definition) is 4. The minimum atomic E-state index is -2.80. The zero-order chi connectivity index (χ0) is 26.1. The lowest BCUT2D eigenvalue weighted by Crippen LogP contribution is -2.38. The van der Waals surface area contributed by atoms with Gasteiger partial charge in [-0.3, -0.25) is 0 Å². The van der Waals surface area contributed by atoms with Crippen molar-refractivity contribution in [1.29, 1.82) is 0 Å². The molecule has 2 atom stereocenters. The van der Waals surface area contributed by atoms with Crippen LogP contribution in [0.15, 0.2) is 42.4 Å². The minimum Gasteiger partial charge on any atom is -0.493 e. The SMILES string of the molecule is [2H]c1c([2H])c(C2CC([2H])([2H])NC([2H])([2H])[C@]2([2H])COc2ccc3c(c2)OC([2H])([2H])O3)c([2H])c([2H])c1F. The van der Waals surface area contributed by atoms with Crippen molar-refractivity contribution in [2.24, 2.45) is 5.89 Å². The van der Waals surface area contributed by atoms with Crippen molar-refractivity contribution >= 4 is 0 Å². The Morgan fingerprint density at radius 2 is 2.12 bits per heavy atom. The molecule has 2 aliphatic rings. The second-order valence-electron chi connectivity index (χ2n) is 5.12. The zero-order valence-electron chi connectivity index (χ0n) is 23.3. The third-order valence-electron chi connectivity index (χ3n) is 3.61. The van der Waals surface area contributed by atoms with Gasteiger partial charge in [0.2, 0.25) is 6.75 Å². The highest BCUT2D eigenvalue weighted by molar-refractivity contribution is 5.46. The molecule has 1 unspecified atom stereocenters. The summed E-state index contributed by atoms with van der Waals surface area (Å²) in [6, 6.07) is 0.298. The number of fused-ring (bicyclic) bond motifs is 1. The van der Waals surface area contributed by atoms with Crippen molar-refractivity contribution in [3.05, 3.63) is 53.7 Å². The molecule has 1 N–H and O–H groups in total. The van der Waals surface area contributed by atoms with Gasteiger partial charge < -0.3 is 19.5 Å². The van der Waals surface area contributed by atoms with E-state index in [0.29, 0.717) is 0 Å². The number of nitrogens with one attached hydrogen (secondary N) is 1. The highest BCUT2D eigenvalue weighted by Gasteiger charge is 2.27. The second-order valence-corrected chi connectivity index (χ2v) is 5.12. The van der Waals surface area contributed by atoms with E-state index in [1.165, 1.54) is 18.2 Å². The van der Waals surface area contributed by atoms with Crippen LogP contribution in [0.25, 0.3) is 0 Å². The van der Waals surface area contributed by atoms with Crippen LogP contribution in [0.5, 0.6) is 17.2 Å². The third kappa shape index (κ3) is 3.17. The molecule has 1 saturated heterocycles. The number of benzene rings is 2. The van der Waals surface area contributed by atoms with E-state index in [9.17, 15) is 4.39 Å². The minimum absolute atomic E-state index is 0.00214. The fourth-order valence-electron chi connectivity index (χ4n) is 2.40. The number of halogens is 1. The summed E-state index contributed by atoms with van der Waals surface area (Å²) in [5.74, 6) is -5.26. The van der Waals surface area contributed by atoms with Crippen molar-refractivity contribution in [3.63, 3.8) is 0 Å². The second kappa shape index (κ2) is 6.69. The largest absolute Gasteiger partial charge is 0.493 e. The Morgan fingerprint density at radius 3 is 3.00 bits per heavy atom. The Bertz CT molecular complexity index is 1170. The molecule has 126 valence electrons. The fourth-order valence-corrected chi connectivity index (χ4v) is 2.40. The number of piperidine rings is 1. The van der Waals surface area contributed by atoms with E-state index in [-0.39, 0.29) is 17.2 Å². The van der Waals surface area contributed by atoms with E-state index >= 15 is 0 Å². The molecule has 0 aliphatic carbocycles. The Balaban J connectivity index is 1.75. The maximum atomic E-state index is 14.1. The molecule has 2 aliphatic heterocycles. The lowest BCUT2D eigenvalue weighted by Gasteiger charge is -2.32. The van der Waals surface area contributed by atoms with Gasteiger partial charge in [0, 0.05) is 25.3 Å². The first-order chi connectivity index (χ1) is 16.0. The Hall–Kier alpha value is -2.27. The van der Waals surface area contributed by atoms with Gasteiger partial charge in [-0.25, -0.2) is 4.39 Å². The number of ether oxygens (including phenoxy) is 3. The number of rotatable bonds is 4. The van der Waals surface area contributed by atoms with Crippen LogP contribution in [-0.4, -0.2) is 26.3 Å². The van der Waals surface area contributed by atoms with Gasteiger partial charge in [0.25, 0.3) is 0 Å². The van der Waals surface area contributed by atoms with E-state index < -0.39 is 80.1 Å². The Morgan fingerprint density at radius 1 is 1.29 bits per heavy atom. The quantitative estimate of drug-likeness (QED) is 0.927. The Labute approximate surface area is 156 Å². The van der Waals surface area contributed by atoms with Gasteiger partial charge in [-0.15, -0.1) is 0 Å². The average molecular weight is 340 g/mol. The maximum Gasteiger partial charge on any atom is 0.231 e. The maximum absolute atomic E-state index is 14.1. The van der Waals surface area contributed by atoms with Crippen LogP contribution in [0.2, 0.25) is 0 Å². The van der Waals surface area contributed by atoms with E-state index in [4.69, 9.17) is 29.3 Å². The number of hydrogen-bond donors (Lipinski definition) is 1. The van der Waals surface area contributed by atoms with Gasteiger partial charge >= 0.3 is 0 Å². The summed E-state index contributed by atoms with van der Waals surface area (Å²) >= 11 is 0. The molecule has 0 radical (unpaired) electrons. The molecule has 0 aromatic heterocycles. The molecule has 24 heavy (non-hydrogen) atoms. The Kier molecular flexibility index (Phi) is 2.04. The monoisotopic (exact) mass is 340 g/mol. The molecule has 2 aromatic rings. The van der Waals surface area contributed by atoms with Crippen LogP contribution in [0.4, 0.5) is 4.39 Å². The lowest BCUT2D eigenvalue weighted by molar-refractivity contribution is 0.173. The summed E-state index contributed by atoms with van der Waals surface area (Å²) in [6.45, 7) is -8.35. The standard InChI is InChI=1S/C19H20FNO3/c20-15-3-1-13(2-4-15)17-7-8-21-10-14(17)11-22-16-5-6-18-19(9-16)24-12-23-18/h1-6,9,14,17,21H,7-8,10-12H2/t14-,17?/m1/s1/i1D,2D,3D,4D,8D2,10D2,12D2,14D. The molecule has 4 nitrogen and oxygen atoms in total. The zero-order valence-corrected chi connectivity index (χ0v) is 12.3. The first-order valence-electron chi connectivity index (χ1n) is 12.7. The van der Waals surface area contributed by atoms with Gasteiger partial charge in [-0.05, 0) is 48.6 Å². The van der Waals surface area contributed by atoms with E-state index in [0.717, 1.165) is 0 Å². The third-order valence-corrected chi connectivity index (χ3v) is 3.61. The molecule has 2 aromatic carbocycles. The van der Waals surface area contributed by atoms with Crippen LogP contribution in [0, 0.1) is 11.7 Å². The molecule has 0 saturated carbocycles. The first kappa shape index (κ1) is 7.31. The van der Waals surface area contributed by atoms with E-state index in [2.05, 4.69) is 5.32 Å². The predicted octanol–water partition coefficient (Wildman–Crippen LogP) is 3.33. The summed E-state index contributed by atoms with van der Waals surface area (Å²) in [6.07, 6.45) is -0.622. The van der Waals surface area contributed by atoms with E-state index in [1.54, 1.807) is 0 Å². The fraction of sp³-hybridized carbons (Fsp3) is 0.368. The summed E-state index contributed by atoms with van der Waals surface area (Å²) in [7, 11) is 0. The van der Waals surface area contributed by atoms with Crippen LogP contribution in [0.3, 0.4) is 0 Å². The summed E-state index contributed by atoms with van der Waals surface area (Å²) in [5, 5.41) is 2.11. The first-order valence-corrected chi connectivity index (χ1v) is 7.18. The molecule has 5 heteroatoms. The van der Waals surface area contributed by atoms with Crippen molar-refractivity contribution in [3.8, 4) is 17.2 Å². The smallest absolute Gasteiger partial charge is 0.231 e. The molecule has 4 rings (SSSR count). The van der Waals surface area contributed by atoms with Crippen LogP contribution in [-0.2, 0) is 0 Å². The molecule has 1 fully saturated rings. The predicted molar refractivity (Wildman–Crippen MR) is 88.2 cm³/mol. The van der Waals surface area contributed by atoms with Crippen LogP contribution >= 0.6 is 0 Å². The summed E-state index contributed by atoms with van der Waals surface area (Å²) < 4.78 is 119.